The molecule has 0 saturated heterocycles. The molecule has 0 aliphatic heterocycles. The molecule has 5 nitrogen and oxygen atoms in total. The van der Waals surface area contributed by atoms with Gasteiger partial charge >= 0.3 is 5.97 Å². The minimum atomic E-state index is -1.63. The lowest BCUT2D eigenvalue weighted by atomic mass is 10.1. The normalized spacial score (nSPS) is 11.7. The van der Waals surface area contributed by atoms with Gasteiger partial charge in [-0.15, -0.1) is 0 Å². The van der Waals surface area contributed by atoms with Crippen molar-refractivity contribution < 1.29 is 19.8 Å². The zero-order chi connectivity index (χ0) is 13.3. The lowest BCUT2D eigenvalue weighted by molar-refractivity contribution is -0.146. The highest BCUT2D eigenvalue weighted by Gasteiger charge is 2.13. The number of hydrogen-bond acceptors (Lipinski definition) is 3. The summed E-state index contributed by atoms with van der Waals surface area (Å²) in [6.45, 7) is 0. The molecule has 0 atom stereocenters. The number of aliphatic carboxylic acids is 1. The Hall–Kier alpha value is -2.27. The van der Waals surface area contributed by atoms with Crippen LogP contribution in [0.2, 0.25) is 5.02 Å². The molecule has 1 aromatic heterocycles. The summed E-state index contributed by atoms with van der Waals surface area (Å²) in [5.74, 6) is -3.24. The number of halogens is 1. The summed E-state index contributed by atoms with van der Waals surface area (Å²) in [6, 6.07) is 5.00. The van der Waals surface area contributed by atoms with Crippen molar-refractivity contribution in [2.24, 2.45) is 0 Å². The van der Waals surface area contributed by atoms with E-state index in [2.05, 4.69) is 4.98 Å². The first kappa shape index (κ1) is 12.2. The maximum Gasteiger partial charge on any atom is 0.376 e. The minimum absolute atomic E-state index is 0.321. The van der Waals surface area contributed by atoms with Gasteiger partial charge in [0.15, 0.2) is 0 Å². The Morgan fingerprint density at radius 1 is 1.28 bits per heavy atom. The van der Waals surface area contributed by atoms with Crippen LogP contribution in [0.4, 0.5) is 0 Å². The molecule has 0 bridgehead atoms. The predicted molar refractivity (Wildman–Crippen MR) is 66.6 cm³/mol. The van der Waals surface area contributed by atoms with E-state index in [9.17, 15) is 14.7 Å². The maximum absolute atomic E-state index is 11.0. The van der Waals surface area contributed by atoms with Crippen LogP contribution in [-0.2, 0) is 9.59 Å². The second-order valence-electron chi connectivity index (χ2n) is 3.59. The highest BCUT2D eigenvalue weighted by molar-refractivity contribution is 6.38. The van der Waals surface area contributed by atoms with Gasteiger partial charge in [0.1, 0.15) is 5.76 Å². The van der Waals surface area contributed by atoms with E-state index in [-0.39, 0.29) is 0 Å². The Bertz CT molecular complexity index is 672. The largest absolute Gasteiger partial charge is 0.507 e. The molecule has 1 heterocycles. The number of aromatic amines is 1. The summed E-state index contributed by atoms with van der Waals surface area (Å²) in [4.78, 5) is 24.2. The van der Waals surface area contributed by atoms with Gasteiger partial charge in [0.2, 0.25) is 0 Å². The topological polar surface area (TPSA) is 90.4 Å². The predicted octanol–water partition coefficient (Wildman–Crippen LogP) is 2.37. The van der Waals surface area contributed by atoms with Crippen LogP contribution < -0.4 is 0 Å². The van der Waals surface area contributed by atoms with E-state index in [0.717, 1.165) is 5.52 Å². The number of nitrogens with one attached hydrogen (secondary N) is 1. The van der Waals surface area contributed by atoms with Crippen molar-refractivity contribution >= 4 is 40.0 Å². The number of carboxylic acids is 1. The van der Waals surface area contributed by atoms with Gasteiger partial charge in [0.05, 0.1) is 0 Å². The van der Waals surface area contributed by atoms with Gasteiger partial charge in [-0.2, -0.15) is 0 Å². The minimum Gasteiger partial charge on any atom is -0.507 e. The van der Waals surface area contributed by atoms with E-state index in [4.69, 9.17) is 16.7 Å². The van der Waals surface area contributed by atoms with Crippen LogP contribution in [0.15, 0.2) is 30.5 Å². The molecule has 6 heteroatoms. The fraction of sp³-hybridized carbons (Fsp3) is 0. The summed E-state index contributed by atoms with van der Waals surface area (Å²) in [5.41, 5.74) is 1.04. The summed E-state index contributed by atoms with van der Waals surface area (Å²) < 4.78 is 0. The molecule has 0 aliphatic carbocycles. The van der Waals surface area contributed by atoms with Gasteiger partial charge in [0, 0.05) is 33.8 Å². The zero-order valence-corrected chi connectivity index (χ0v) is 9.73. The van der Waals surface area contributed by atoms with E-state index in [1.54, 1.807) is 18.2 Å². The van der Waals surface area contributed by atoms with Crippen LogP contribution in [0.1, 0.15) is 5.56 Å². The third-order valence-corrected chi connectivity index (χ3v) is 2.63. The zero-order valence-electron chi connectivity index (χ0n) is 8.98. The summed E-state index contributed by atoms with van der Waals surface area (Å²) in [6.07, 6.45) is 2.13. The molecular formula is C12H8ClNO4. The van der Waals surface area contributed by atoms with Crippen LogP contribution >= 0.6 is 11.6 Å². The molecule has 0 saturated carbocycles. The fourth-order valence-corrected chi connectivity index (χ4v) is 1.74. The van der Waals surface area contributed by atoms with Gasteiger partial charge in [0.25, 0.3) is 5.78 Å². The molecular weight excluding hydrogens is 258 g/mol. The number of carboxylic acid groups (broad SMARTS) is 1. The first-order valence-corrected chi connectivity index (χ1v) is 5.32. The number of aliphatic hydroxyl groups is 1. The maximum atomic E-state index is 11.0. The van der Waals surface area contributed by atoms with Gasteiger partial charge in [-0.25, -0.2) is 4.79 Å². The Kier molecular flexibility index (Phi) is 3.08. The summed E-state index contributed by atoms with van der Waals surface area (Å²) in [5, 5.41) is 19.3. The number of hydrogen-bond donors (Lipinski definition) is 3. The third kappa shape index (κ3) is 2.21. The van der Waals surface area contributed by atoms with Crippen LogP contribution in [0.3, 0.4) is 0 Å². The van der Waals surface area contributed by atoms with Gasteiger partial charge < -0.3 is 15.2 Å². The Morgan fingerprint density at radius 3 is 2.67 bits per heavy atom. The molecule has 0 aliphatic rings. The number of carbonyl (C=O) groups is 2. The van der Waals surface area contributed by atoms with E-state index < -0.39 is 17.5 Å². The van der Waals surface area contributed by atoms with Crippen molar-refractivity contribution in [3.63, 3.8) is 0 Å². The number of rotatable bonds is 3. The molecule has 3 N–H and O–H groups in total. The third-order valence-electron chi connectivity index (χ3n) is 2.40. The van der Waals surface area contributed by atoms with Crippen molar-refractivity contribution in [1.29, 1.82) is 0 Å². The van der Waals surface area contributed by atoms with E-state index in [0.29, 0.717) is 22.0 Å². The molecule has 0 amide bonds. The lowest BCUT2D eigenvalue weighted by Gasteiger charge is -1.98. The first-order valence-electron chi connectivity index (χ1n) is 4.94. The molecule has 0 radical (unpaired) electrons. The smallest absolute Gasteiger partial charge is 0.376 e. The quantitative estimate of drug-likeness (QED) is 0.451. The highest BCUT2D eigenvalue weighted by atomic mass is 35.5. The molecule has 1 aromatic carbocycles. The number of aliphatic hydroxyl groups excluding tert-OH is 1. The average molecular weight is 266 g/mol. The van der Waals surface area contributed by atoms with E-state index >= 15 is 0 Å². The Balaban J connectivity index is 2.51. The first-order chi connectivity index (χ1) is 8.49. The lowest BCUT2D eigenvalue weighted by Crippen LogP contribution is -2.09. The van der Waals surface area contributed by atoms with Gasteiger partial charge in [-0.1, -0.05) is 11.6 Å². The number of ketones is 1. The van der Waals surface area contributed by atoms with Crippen LogP contribution in [0.25, 0.3) is 16.7 Å². The van der Waals surface area contributed by atoms with Crippen LogP contribution in [0, 0.1) is 0 Å². The summed E-state index contributed by atoms with van der Waals surface area (Å²) >= 11 is 5.83. The standard InChI is InChI=1S/C12H8ClNO4/c13-6-1-2-9-7(3-6)8(5-14-9)10(15)4-11(16)12(17)18/h1-5,14-15H,(H,17,18). The molecule has 18 heavy (non-hydrogen) atoms. The van der Waals surface area contributed by atoms with Crippen LogP contribution in [0.5, 0.6) is 0 Å². The SMILES string of the molecule is O=C(O)C(=O)C=C(O)c1c[nH]c2ccc(Cl)cc12. The number of H-pyrrole nitrogens is 1. The Morgan fingerprint density at radius 2 is 2.00 bits per heavy atom. The monoisotopic (exact) mass is 265 g/mol. The molecule has 92 valence electrons. The molecule has 0 unspecified atom stereocenters. The summed E-state index contributed by atoms with van der Waals surface area (Å²) in [7, 11) is 0. The highest BCUT2D eigenvalue weighted by Crippen LogP contribution is 2.26. The van der Waals surface area contributed by atoms with Crippen molar-refractivity contribution in [1.82, 2.24) is 4.98 Å². The van der Waals surface area contributed by atoms with Crippen molar-refractivity contribution in [2.45, 2.75) is 0 Å². The molecule has 2 rings (SSSR count). The number of aromatic nitrogens is 1. The number of carbonyl (C=O) groups excluding carboxylic acids is 1. The van der Waals surface area contributed by atoms with Gasteiger partial charge in [-0.05, 0) is 18.2 Å². The van der Waals surface area contributed by atoms with E-state index in [1.165, 1.54) is 6.20 Å². The molecule has 2 aromatic rings. The number of benzene rings is 1. The fourth-order valence-electron chi connectivity index (χ4n) is 1.57. The van der Waals surface area contributed by atoms with Crippen molar-refractivity contribution in [2.75, 3.05) is 0 Å². The average Bonchev–Trinajstić information content (AvgIpc) is 2.71. The van der Waals surface area contributed by atoms with Crippen LogP contribution in [-0.4, -0.2) is 26.9 Å². The van der Waals surface area contributed by atoms with Gasteiger partial charge in [-0.3, -0.25) is 4.79 Å². The second-order valence-corrected chi connectivity index (χ2v) is 4.03. The Labute approximate surface area is 106 Å². The van der Waals surface area contributed by atoms with E-state index in [1.807, 2.05) is 0 Å². The molecule has 0 fully saturated rings. The van der Waals surface area contributed by atoms with Crippen molar-refractivity contribution in [3.05, 3.63) is 41.1 Å². The molecule has 0 spiro atoms. The van der Waals surface area contributed by atoms with Crippen molar-refractivity contribution in [3.8, 4) is 0 Å². The number of fused-ring (bicyclic) bond motifs is 1. The second kappa shape index (κ2) is 4.54.